The van der Waals surface area contributed by atoms with Crippen LogP contribution in [0.3, 0.4) is 0 Å². The zero-order valence-corrected chi connectivity index (χ0v) is 10.1. The van der Waals surface area contributed by atoms with Crippen LogP contribution in [0.2, 0.25) is 0 Å². The molecule has 0 atom stereocenters. The molecule has 0 aromatic heterocycles. The number of hydrogen-bond acceptors (Lipinski definition) is 3. The molecule has 0 aliphatic carbocycles. The molecule has 0 saturated heterocycles. The summed E-state index contributed by atoms with van der Waals surface area (Å²) in [7, 11) is -4.22. The quantitative estimate of drug-likeness (QED) is 0.610. The van der Waals surface area contributed by atoms with Crippen LogP contribution >= 0.6 is 31.9 Å². The van der Waals surface area contributed by atoms with Gasteiger partial charge in [-0.3, -0.25) is 4.55 Å². The summed E-state index contributed by atoms with van der Waals surface area (Å²) in [5.41, 5.74) is 5.74. The van der Waals surface area contributed by atoms with Crippen LogP contribution in [-0.2, 0) is 10.1 Å². The second-order valence-electron chi connectivity index (χ2n) is 2.25. The fourth-order valence-corrected chi connectivity index (χ4v) is 2.88. The average molecular weight is 331 g/mol. The average Bonchev–Trinajstić information content (AvgIpc) is 1.98. The lowest BCUT2D eigenvalue weighted by molar-refractivity contribution is 0.482. The summed E-state index contributed by atoms with van der Waals surface area (Å²) in [4.78, 5) is -0.242. The minimum Gasteiger partial charge on any atom is -0.397 e. The van der Waals surface area contributed by atoms with Crippen LogP contribution < -0.4 is 5.73 Å². The van der Waals surface area contributed by atoms with E-state index >= 15 is 0 Å². The van der Waals surface area contributed by atoms with E-state index in [1.165, 1.54) is 12.1 Å². The monoisotopic (exact) mass is 329 g/mol. The van der Waals surface area contributed by atoms with E-state index in [1.807, 2.05) is 0 Å². The molecule has 72 valence electrons. The molecule has 1 rings (SSSR count). The van der Waals surface area contributed by atoms with Gasteiger partial charge in [0.15, 0.2) is 0 Å². The van der Waals surface area contributed by atoms with Gasteiger partial charge < -0.3 is 5.73 Å². The molecule has 0 fully saturated rings. The molecule has 0 heterocycles. The van der Waals surface area contributed by atoms with Crippen molar-refractivity contribution in [1.82, 2.24) is 0 Å². The number of halogens is 2. The molecule has 0 aliphatic heterocycles. The highest BCUT2D eigenvalue weighted by molar-refractivity contribution is 9.11. The van der Waals surface area contributed by atoms with Gasteiger partial charge in [-0.1, -0.05) is 0 Å². The first-order chi connectivity index (χ1) is 5.84. The van der Waals surface area contributed by atoms with Gasteiger partial charge in [-0.05, 0) is 44.0 Å². The third kappa shape index (κ3) is 2.22. The van der Waals surface area contributed by atoms with Gasteiger partial charge in [-0.25, -0.2) is 0 Å². The molecule has 13 heavy (non-hydrogen) atoms. The Morgan fingerprint density at radius 1 is 1.31 bits per heavy atom. The first-order valence-corrected chi connectivity index (χ1v) is 6.07. The summed E-state index contributed by atoms with van der Waals surface area (Å²) in [5, 5.41) is 0. The van der Waals surface area contributed by atoms with Crippen molar-refractivity contribution in [3.63, 3.8) is 0 Å². The number of hydrogen-bond donors (Lipinski definition) is 2. The molecule has 0 aliphatic rings. The topological polar surface area (TPSA) is 80.4 Å². The summed E-state index contributed by atoms with van der Waals surface area (Å²) in [6.07, 6.45) is 0. The molecule has 7 heteroatoms. The molecule has 0 unspecified atom stereocenters. The molecule has 0 bridgehead atoms. The van der Waals surface area contributed by atoms with E-state index < -0.39 is 10.1 Å². The van der Waals surface area contributed by atoms with Crippen molar-refractivity contribution in [3.8, 4) is 0 Å². The summed E-state index contributed by atoms with van der Waals surface area (Å²) < 4.78 is 31.0. The van der Waals surface area contributed by atoms with E-state index in [4.69, 9.17) is 10.3 Å². The Morgan fingerprint density at radius 2 is 1.85 bits per heavy atom. The van der Waals surface area contributed by atoms with Gasteiger partial charge in [-0.15, -0.1) is 0 Å². The molecule has 4 nitrogen and oxygen atoms in total. The molecule has 0 radical (unpaired) electrons. The van der Waals surface area contributed by atoms with Crippen LogP contribution in [0.1, 0.15) is 0 Å². The Kier molecular flexibility index (Phi) is 3.01. The number of nitrogens with two attached hydrogens (primary N) is 1. The van der Waals surface area contributed by atoms with E-state index in [0.29, 0.717) is 4.47 Å². The van der Waals surface area contributed by atoms with Crippen LogP contribution in [0.15, 0.2) is 26.0 Å². The number of nitrogen functional groups attached to an aromatic ring is 1. The maximum Gasteiger partial charge on any atom is 0.295 e. The molecule has 0 amide bonds. The van der Waals surface area contributed by atoms with Crippen LogP contribution in [0.5, 0.6) is 0 Å². The molecule has 3 N–H and O–H groups in total. The van der Waals surface area contributed by atoms with Crippen molar-refractivity contribution in [2.24, 2.45) is 0 Å². The fourth-order valence-electron chi connectivity index (χ4n) is 0.749. The lowest BCUT2D eigenvalue weighted by atomic mass is 10.3. The number of rotatable bonds is 1. The Morgan fingerprint density at radius 3 is 2.31 bits per heavy atom. The molecular formula is C6H5Br2NO3S. The zero-order valence-electron chi connectivity index (χ0n) is 6.16. The minimum absolute atomic E-state index is 0.157. The summed E-state index contributed by atoms with van der Waals surface area (Å²) in [6.45, 7) is 0. The third-order valence-electron chi connectivity index (χ3n) is 1.37. The van der Waals surface area contributed by atoms with Crippen molar-refractivity contribution in [2.75, 3.05) is 5.73 Å². The van der Waals surface area contributed by atoms with Gasteiger partial charge in [0.2, 0.25) is 0 Å². The largest absolute Gasteiger partial charge is 0.397 e. The zero-order chi connectivity index (χ0) is 10.2. The van der Waals surface area contributed by atoms with E-state index in [2.05, 4.69) is 31.9 Å². The summed E-state index contributed by atoms with van der Waals surface area (Å²) >= 11 is 6.09. The van der Waals surface area contributed by atoms with Crippen molar-refractivity contribution in [3.05, 3.63) is 21.1 Å². The Hall–Kier alpha value is -0.110. The van der Waals surface area contributed by atoms with Crippen molar-refractivity contribution in [2.45, 2.75) is 4.90 Å². The molecule has 0 saturated carbocycles. The highest BCUT2D eigenvalue weighted by Crippen LogP contribution is 2.33. The van der Waals surface area contributed by atoms with Crippen molar-refractivity contribution in [1.29, 1.82) is 0 Å². The first-order valence-electron chi connectivity index (χ1n) is 3.05. The smallest absolute Gasteiger partial charge is 0.295 e. The fraction of sp³-hybridized carbons (Fsp3) is 0. The van der Waals surface area contributed by atoms with Crippen molar-refractivity contribution < 1.29 is 13.0 Å². The Labute approximate surface area is 92.1 Å². The van der Waals surface area contributed by atoms with Gasteiger partial charge in [0.25, 0.3) is 10.1 Å². The van der Waals surface area contributed by atoms with Crippen LogP contribution in [0.4, 0.5) is 5.69 Å². The highest BCUT2D eigenvalue weighted by atomic mass is 79.9. The second kappa shape index (κ2) is 3.56. The maximum atomic E-state index is 10.8. The van der Waals surface area contributed by atoms with Crippen LogP contribution in [0.25, 0.3) is 0 Å². The van der Waals surface area contributed by atoms with E-state index in [1.54, 1.807) is 0 Å². The molecular weight excluding hydrogens is 326 g/mol. The lowest BCUT2D eigenvalue weighted by Crippen LogP contribution is -2.01. The normalized spacial score (nSPS) is 11.6. The number of benzene rings is 1. The number of anilines is 1. The Bertz CT molecular complexity index is 443. The van der Waals surface area contributed by atoms with Crippen LogP contribution in [-0.4, -0.2) is 13.0 Å². The van der Waals surface area contributed by atoms with Gasteiger partial charge in [0.05, 0.1) is 10.2 Å². The van der Waals surface area contributed by atoms with Gasteiger partial charge in [0, 0.05) is 4.47 Å². The van der Waals surface area contributed by atoms with Gasteiger partial charge in [0.1, 0.15) is 4.90 Å². The summed E-state index contributed by atoms with van der Waals surface area (Å²) in [6, 6.07) is 2.70. The second-order valence-corrected chi connectivity index (χ2v) is 5.29. The minimum atomic E-state index is -4.22. The molecule has 0 spiro atoms. The van der Waals surface area contributed by atoms with Gasteiger partial charge in [-0.2, -0.15) is 8.42 Å². The van der Waals surface area contributed by atoms with E-state index in [0.717, 1.165) is 0 Å². The predicted molar refractivity (Wildman–Crippen MR) is 56.1 cm³/mol. The SMILES string of the molecule is Nc1c(Br)ccc(S(=O)(=O)O)c1Br. The highest BCUT2D eigenvalue weighted by Gasteiger charge is 2.16. The standard InChI is InChI=1S/C6H5Br2NO3S/c7-3-1-2-4(13(10,11)12)5(8)6(3)9/h1-2H,9H2,(H,10,11,12). The summed E-state index contributed by atoms with van der Waals surface area (Å²) in [5.74, 6) is 0. The maximum absolute atomic E-state index is 10.8. The molecule has 1 aromatic rings. The first kappa shape index (κ1) is 11.0. The molecule has 1 aromatic carbocycles. The Balaban J connectivity index is 3.53. The van der Waals surface area contributed by atoms with Crippen molar-refractivity contribution >= 4 is 47.7 Å². The van der Waals surface area contributed by atoms with Crippen LogP contribution in [0, 0.1) is 0 Å². The van der Waals surface area contributed by atoms with E-state index in [9.17, 15) is 8.42 Å². The van der Waals surface area contributed by atoms with Gasteiger partial charge >= 0.3 is 0 Å². The predicted octanol–water partition coefficient (Wildman–Crippen LogP) is 2.04. The lowest BCUT2D eigenvalue weighted by Gasteiger charge is -2.05. The van der Waals surface area contributed by atoms with E-state index in [-0.39, 0.29) is 15.1 Å². The third-order valence-corrected chi connectivity index (χ3v) is 4.07.